The van der Waals surface area contributed by atoms with Crippen molar-refractivity contribution in [2.24, 2.45) is 0 Å². The van der Waals surface area contributed by atoms with Crippen LogP contribution in [0.2, 0.25) is 0 Å². The van der Waals surface area contributed by atoms with E-state index in [1.54, 1.807) is 11.8 Å². The van der Waals surface area contributed by atoms with E-state index in [4.69, 9.17) is 0 Å². The number of carbonyl (C=O) groups is 1. The highest BCUT2D eigenvalue weighted by Crippen LogP contribution is 2.33. The fourth-order valence-corrected chi connectivity index (χ4v) is 3.14. The molecule has 1 nitrogen and oxygen atoms in total. The lowest BCUT2D eigenvalue weighted by Crippen LogP contribution is -2.20. The van der Waals surface area contributed by atoms with Crippen LogP contribution in [0.4, 0.5) is 0 Å². The highest BCUT2D eigenvalue weighted by Gasteiger charge is 2.25. The fourth-order valence-electron chi connectivity index (χ4n) is 1.44. The van der Waals surface area contributed by atoms with Crippen molar-refractivity contribution in [3.8, 4) is 0 Å². The quantitative estimate of drug-likeness (QED) is 0.709. The third-order valence-electron chi connectivity index (χ3n) is 2.23. The van der Waals surface area contributed by atoms with Crippen LogP contribution in [-0.4, -0.2) is 11.0 Å². The van der Waals surface area contributed by atoms with Gasteiger partial charge in [0.05, 0.1) is 5.25 Å². The number of rotatable bonds is 0. The molecular weight excluding hydrogens is 248 g/mol. The second-order valence-corrected chi connectivity index (χ2v) is 5.27. The van der Waals surface area contributed by atoms with Crippen molar-refractivity contribution in [3.63, 3.8) is 0 Å². The number of hydrogen-bond acceptors (Lipinski definition) is 2. The Kier molecular flexibility index (Phi) is 2.47. The van der Waals surface area contributed by atoms with Gasteiger partial charge in [0, 0.05) is 15.8 Å². The van der Waals surface area contributed by atoms with Crippen molar-refractivity contribution < 1.29 is 4.79 Å². The molecule has 0 spiro atoms. The summed E-state index contributed by atoms with van der Waals surface area (Å²) in [5, 5.41) is 0.113. The predicted octanol–water partition coefficient (Wildman–Crippen LogP) is 3.27. The van der Waals surface area contributed by atoms with Crippen LogP contribution in [0, 0.1) is 0 Å². The molecule has 0 saturated carbocycles. The summed E-state index contributed by atoms with van der Waals surface area (Å²) in [5.41, 5.74) is 2.04. The van der Waals surface area contributed by atoms with E-state index in [2.05, 4.69) is 15.9 Å². The van der Waals surface area contributed by atoms with Gasteiger partial charge in [0.2, 0.25) is 0 Å². The van der Waals surface area contributed by atoms with Gasteiger partial charge >= 0.3 is 0 Å². The first-order chi connectivity index (χ1) is 6.20. The van der Waals surface area contributed by atoms with Crippen LogP contribution in [0.1, 0.15) is 22.8 Å². The number of carbonyl (C=O) groups excluding carboxylic acids is 1. The Labute approximate surface area is 90.0 Å². The number of Topliss-reactive ketones (excluding diaryl/α,β-unsaturated/α-hetero) is 1. The molecule has 1 atom stereocenters. The topological polar surface area (TPSA) is 17.1 Å². The van der Waals surface area contributed by atoms with Gasteiger partial charge < -0.3 is 0 Å². The average Bonchev–Trinajstić information content (AvgIpc) is 2.12. The zero-order valence-electron chi connectivity index (χ0n) is 7.21. The van der Waals surface area contributed by atoms with Crippen molar-refractivity contribution in [1.29, 1.82) is 0 Å². The summed E-state index contributed by atoms with van der Waals surface area (Å²) in [6.07, 6.45) is 0. The van der Waals surface area contributed by atoms with Crippen molar-refractivity contribution in [2.75, 3.05) is 0 Å². The summed E-state index contributed by atoms with van der Waals surface area (Å²) in [7, 11) is 0. The monoisotopic (exact) mass is 256 g/mol. The largest absolute Gasteiger partial charge is 0.293 e. The molecule has 0 saturated heterocycles. The molecule has 1 aliphatic rings. The molecular formula is C10H9BrOS. The smallest absolute Gasteiger partial charge is 0.175 e. The van der Waals surface area contributed by atoms with E-state index < -0.39 is 0 Å². The van der Waals surface area contributed by atoms with Crippen LogP contribution in [0.3, 0.4) is 0 Å². The molecule has 13 heavy (non-hydrogen) atoms. The molecule has 1 aliphatic heterocycles. The van der Waals surface area contributed by atoms with E-state index in [-0.39, 0.29) is 11.0 Å². The summed E-state index contributed by atoms with van der Waals surface area (Å²) in [6.45, 7) is 1.97. The number of benzene rings is 1. The zero-order valence-corrected chi connectivity index (χ0v) is 9.61. The highest BCUT2D eigenvalue weighted by molar-refractivity contribution is 9.10. The first-order valence-electron chi connectivity index (χ1n) is 4.13. The van der Waals surface area contributed by atoms with Crippen LogP contribution < -0.4 is 0 Å². The Hall–Kier alpha value is -0.280. The van der Waals surface area contributed by atoms with E-state index in [9.17, 15) is 4.79 Å². The Morgan fingerprint density at radius 1 is 1.54 bits per heavy atom. The molecule has 68 valence electrons. The van der Waals surface area contributed by atoms with Crippen LogP contribution in [0.5, 0.6) is 0 Å². The average molecular weight is 257 g/mol. The van der Waals surface area contributed by atoms with Gasteiger partial charge in [-0.15, -0.1) is 11.8 Å². The van der Waals surface area contributed by atoms with Gasteiger partial charge in [-0.25, -0.2) is 0 Å². The van der Waals surface area contributed by atoms with E-state index in [1.807, 2.05) is 25.1 Å². The Morgan fingerprint density at radius 3 is 3.08 bits per heavy atom. The van der Waals surface area contributed by atoms with E-state index >= 15 is 0 Å². The second kappa shape index (κ2) is 3.46. The van der Waals surface area contributed by atoms with Gasteiger partial charge in [0.1, 0.15) is 0 Å². The first-order valence-corrected chi connectivity index (χ1v) is 5.97. The van der Waals surface area contributed by atoms with Gasteiger partial charge in [-0.2, -0.15) is 0 Å². The summed E-state index contributed by atoms with van der Waals surface area (Å²) < 4.78 is 1.05. The normalized spacial score (nSPS) is 21.4. The third kappa shape index (κ3) is 1.55. The molecule has 0 amide bonds. The number of ketones is 1. The molecule has 0 aromatic heterocycles. The van der Waals surface area contributed by atoms with Crippen LogP contribution in [0.15, 0.2) is 22.7 Å². The van der Waals surface area contributed by atoms with Gasteiger partial charge in [0.15, 0.2) is 5.78 Å². The third-order valence-corrected chi connectivity index (χ3v) is 4.14. The number of halogens is 1. The minimum absolute atomic E-state index is 0.113. The molecule has 0 bridgehead atoms. The molecule has 3 heteroatoms. The summed E-state index contributed by atoms with van der Waals surface area (Å²) >= 11 is 5.17. The molecule has 1 heterocycles. The van der Waals surface area contributed by atoms with Gasteiger partial charge in [-0.1, -0.05) is 28.1 Å². The maximum absolute atomic E-state index is 11.7. The maximum atomic E-state index is 11.7. The molecule has 0 N–H and O–H groups in total. The van der Waals surface area contributed by atoms with Crippen LogP contribution in [-0.2, 0) is 5.75 Å². The lowest BCUT2D eigenvalue weighted by Gasteiger charge is -2.20. The Bertz CT molecular complexity index is 362. The molecule has 2 rings (SSSR count). The first kappa shape index (κ1) is 9.28. The van der Waals surface area contributed by atoms with Gasteiger partial charge in [-0.3, -0.25) is 4.79 Å². The molecule has 1 unspecified atom stereocenters. The summed E-state index contributed by atoms with van der Waals surface area (Å²) in [4.78, 5) is 11.7. The summed E-state index contributed by atoms with van der Waals surface area (Å²) in [6, 6.07) is 5.82. The van der Waals surface area contributed by atoms with Crippen molar-refractivity contribution in [3.05, 3.63) is 33.8 Å². The predicted molar refractivity (Wildman–Crippen MR) is 59.2 cm³/mol. The van der Waals surface area contributed by atoms with Gasteiger partial charge in [0.25, 0.3) is 0 Å². The van der Waals surface area contributed by atoms with E-state index in [1.165, 1.54) is 0 Å². The lowest BCUT2D eigenvalue weighted by atomic mass is 10.0. The van der Waals surface area contributed by atoms with E-state index in [0.717, 1.165) is 21.4 Å². The number of thioether (sulfide) groups is 1. The minimum Gasteiger partial charge on any atom is -0.293 e. The number of fused-ring (bicyclic) bond motifs is 1. The van der Waals surface area contributed by atoms with Crippen molar-refractivity contribution >= 4 is 33.5 Å². The van der Waals surface area contributed by atoms with Crippen molar-refractivity contribution in [1.82, 2.24) is 0 Å². The fraction of sp³-hybridized carbons (Fsp3) is 0.300. The SMILES string of the molecule is CC1SCc2c(Br)cccc2C1=O. The minimum atomic E-state index is 0.113. The molecule has 1 aromatic rings. The number of hydrogen-bond donors (Lipinski definition) is 0. The maximum Gasteiger partial charge on any atom is 0.175 e. The Balaban J connectivity index is 2.55. The van der Waals surface area contributed by atoms with Crippen LogP contribution >= 0.6 is 27.7 Å². The molecule has 0 fully saturated rings. The van der Waals surface area contributed by atoms with Crippen LogP contribution in [0.25, 0.3) is 0 Å². The van der Waals surface area contributed by atoms with E-state index in [0.29, 0.717) is 0 Å². The standard InChI is InChI=1S/C10H9BrOS/c1-6-10(12)7-3-2-4-9(11)8(7)5-13-6/h2-4,6H,5H2,1H3. The zero-order chi connectivity index (χ0) is 9.42. The molecule has 0 aliphatic carbocycles. The van der Waals surface area contributed by atoms with Crippen molar-refractivity contribution in [2.45, 2.75) is 17.9 Å². The Morgan fingerprint density at radius 2 is 2.31 bits per heavy atom. The molecule has 1 aromatic carbocycles. The van der Waals surface area contributed by atoms with Gasteiger partial charge in [-0.05, 0) is 18.6 Å². The molecule has 0 radical (unpaired) electrons. The lowest BCUT2D eigenvalue weighted by molar-refractivity contribution is 0.0991. The summed E-state index contributed by atoms with van der Waals surface area (Å²) in [5.74, 6) is 1.19. The highest BCUT2D eigenvalue weighted by atomic mass is 79.9. The second-order valence-electron chi connectivity index (χ2n) is 3.08.